The van der Waals surface area contributed by atoms with E-state index in [2.05, 4.69) is 0 Å². The minimum absolute atomic E-state index is 0.0353. The summed E-state index contributed by atoms with van der Waals surface area (Å²) in [5.41, 5.74) is -1.07. The van der Waals surface area contributed by atoms with Crippen molar-refractivity contribution in [2.75, 3.05) is 0 Å². The van der Waals surface area contributed by atoms with Crippen LogP contribution in [0, 0.1) is 5.82 Å². The van der Waals surface area contributed by atoms with Gasteiger partial charge in [-0.15, -0.1) is 0 Å². The van der Waals surface area contributed by atoms with Crippen molar-refractivity contribution in [3.63, 3.8) is 0 Å². The van der Waals surface area contributed by atoms with Crippen LogP contribution in [-0.2, 0) is 0 Å². The highest BCUT2D eigenvalue weighted by Gasteiger charge is 2.28. The van der Waals surface area contributed by atoms with Crippen LogP contribution < -0.4 is 0 Å². The first-order valence-corrected chi connectivity index (χ1v) is 4.84. The standard InChI is InChI=1S/C12H11FO3/c1-12(2,15)11(14)10-6-7-5-8(13)3-4-9(7)16-10/h3-6,15H,1-2H3. The Balaban J connectivity index is 2.52. The van der Waals surface area contributed by atoms with Crippen molar-refractivity contribution < 1.29 is 18.7 Å². The van der Waals surface area contributed by atoms with Gasteiger partial charge in [0.1, 0.15) is 17.0 Å². The Morgan fingerprint density at radius 3 is 2.69 bits per heavy atom. The van der Waals surface area contributed by atoms with Crippen LogP contribution >= 0.6 is 0 Å². The van der Waals surface area contributed by atoms with Gasteiger partial charge in [0.05, 0.1) is 0 Å². The number of rotatable bonds is 2. The zero-order valence-electron chi connectivity index (χ0n) is 8.95. The van der Waals surface area contributed by atoms with Crippen LogP contribution in [0.1, 0.15) is 24.4 Å². The van der Waals surface area contributed by atoms with Crippen LogP contribution in [0.3, 0.4) is 0 Å². The van der Waals surface area contributed by atoms with Gasteiger partial charge in [0.25, 0.3) is 0 Å². The van der Waals surface area contributed by atoms with Crippen molar-refractivity contribution in [2.45, 2.75) is 19.4 Å². The lowest BCUT2D eigenvalue weighted by Crippen LogP contribution is -2.30. The zero-order valence-corrected chi connectivity index (χ0v) is 8.95. The second-order valence-corrected chi connectivity index (χ2v) is 4.18. The Labute approximate surface area is 91.5 Å². The largest absolute Gasteiger partial charge is 0.453 e. The van der Waals surface area contributed by atoms with Gasteiger partial charge in [-0.25, -0.2) is 4.39 Å². The molecule has 0 saturated heterocycles. The molecule has 16 heavy (non-hydrogen) atoms. The van der Waals surface area contributed by atoms with Crippen molar-refractivity contribution >= 4 is 16.8 Å². The van der Waals surface area contributed by atoms with E-state index in [0.29, 0.717) is 11.0 Å². The van der Waals surface area contributed by atoms with Crippen molar-refractivity contribution in [1.82, 2.24) is 0 Å². The number of Topliss-reactive ketones (excluding diaryl/α,β-unsaturated/α-hetero) is 1. The molecule has 2 rings (SSSR count). The minimum atomic E-state index is -1.49. The molecule has 0 unspecified atom stereocenters. The molecule has 3 nitrogen and oxygen atoms in total. The van der Waals surface area contributed by atoms with E-state index in [1.807, 2.05) is 0 Å². The molecule has 1 aromatic heterocycles. The third kappa shape index (κ3) is 1.84. The third-order valence-electron chi connectivity index (χ3n) is 2.26. The molecular formula is C12H11FO3. The number of carbonyl (C=O) groups excluding carboxylic acids is 1. The monoisotopic (exact) mass is 222 g/mol. The van der Waals surface area contributed by atoms with Crippen LogP contribution in [0.5, 0.6) is 0 Å². The summed E-state index contributed by atoms with van der Waals surface area (Å²) < 4.78 is 18.1. The normalized spacial score (nSPS) is 12.0. The molecule has 0 bridgehead atoms. The average molecular weight is 222 g/mol. The molecule has 0 spiro atoms. The highest BCUT2D eigenvalue weighted by atomic mass is 19.1. The maximum Gasteiger partial charge on any atom is 0.228 e. The van der Waals surface area contributed by atoms with Gasteiger partial charge in [0.15, 0.2) is 5.76 Å². The zero-order chi connectivity index (χ0) is 11.9. The Kier molecular flexibility index (Phi) is 2.31. The minimum Gasteiger partial charge on any atom is -0.453 e. The van der Waals surface area contributed by atoms with E-state index < -0.39 is 17.2 Å². The van der Waals surface area contributed by atoms with E-state index in [9.17, 15) is 14.3 Å². The van der Waals surface area contributed by atoms with Gasteiger partial charge in [0, 0.05) is 5.39 Å². The highest BCUT2D eigenvalue weighted by molar-refractivity contribution is 6.02. The molecule has 1 aromatic carbocycles. The average Bonchev–Trinajstić information content (AvgIpc) is 2.57. The fraction of sp³-hybridized carbons (Fsp3) is 0.250. The molecule has 1 N–H and O–H groups in total. The van der Waals surface area contributed by atoms with Gasteiger partial charge in [0.2, 0.25) is 5.78 Å². The second-order valence-electron chi connectivity index (χ2n) is 4.18. The predicted molar refractivity (Wildman–Crippen MR) is 56.8 cm³/mol. The van der Waals surface area contributed by atoms with E-state index in [-0.39, 0.29) is 5.76 Å². The van der Waals surface area contributed by atoms with Crippen LogP contribution in [0.25, 0.3) is 11.0 Å². The fourth-order valence-electron chi connectivity index (χ4n) is 1.43. The van der Waals surface area contributed by atoms with Gasteiger partial charge >= 0.3 is 0 Å². The van der Waals surface area contributed by atoms with Crippen LogP contribution in [0.2, 0.25) is 0 Å². The number of furan rings is 1. The molecule has 0 saturated carbocycles. The predicted octanol–water partition coefficient (Wildman–Crippen LogP) is 2.53. The van der Waals surface area contributed by atoms with Gasteiger partial charge in [-0.3, -0.25) is 4.79 Å². The molecule has 0 atom stereocenters. The van der Waals surface area contributed by atoms with Gasteiger partial charge in [-0.1, -0.05) is 0 Å². The number of carbonyl (C=O) groups is 1. The summed E-state index contributed by atoms with van der Waals surface area (Å²) in [6, 6.07) is 5.41. The lowest BCUT2D eigenvalue weighted by atomic mass is 10.0. The van der Waals surface area contributed by atoms with Crippen LogP contribution in [0.4, 0.5) is 4.39 Å². The molecule has 0 aliphatic carbocycles. The van der Waals surface area contributed by atoms with Crippen molar-refractivity contribution in [2.24, 2.45) is 0 Å². The molecule has 0 fully saturated rings. The van der Waals surface area contributed by atoms with E-state index in [0.717, 1.165) is 0 Å². The number of hydrogen-bond acceptors (Lipinski definition) is 3. The summed E-state index contributed by atoms with van der Waals surface area (Å²) in [6.07, 6.45) is 0. The SMILES string of the molecule is CC(C)(O)C(=O)c1cc2cc(F)ccc2o1. The third-order valence-corrected chi connectivity index (χ3v) is 2.26. The van der Waals surface area contributed by atoms with Crippen molar-refractivity contribution in [3.8, 4) is 0 Å². The molecule has 84 valence electrons. The van der Waals surface area contributed by atoms with E-state index >= 15 is 0 Å². The van der Waals surface area contributed by atoms with Gasteiger partial charge in [-0.2, -0.15) is 0 Å². The van der Waals surface area contributed by atoms with E-state index in [4.69, 9.17) is 4.42 Å². The number of halogens is 1. The molecule has 1 heterocycles. The molecule has 4 heteroatoms. The summed E-state index contributed by atoms with van der Waals surface area (Å²) in [6.45, 7) is 2.76. The fourth-order valence-corrected chi connectivity index (χ4v) is 1.43. The summed E-state index contributed by atoms with van der Waals surface area (Å²) in [7, 11) is 0. The molecule has 0 radical (unpaired) electrons. The highest BCUT2D eigenvalue weighted by Crippen LogP contribution is 2.23. The number of fused-ring (bicyclic) bond motifs is 1. The molecular weight excluding hydrogens is 211 g/mol. The molecule has 0 amide bonds. The first kappa shape index (κ1) is 10.8. The molecule has 2 aromatic rings. The van der Waals surface area contributed by atoms with E-state index in [1.54, 1.807) is 0 Å². The second kappa shape index (κ2) is 3.42. The lowest BCUT2D eigenvalue weighted by molar-refractivity contribution is 0.0461. The number of benzene rings is 1. The smallest absolute Gasteiger partial charge is 0.228 e. The quantitative estimate of drug-likeness (QED) is 0.794. The Hall–Kier alpha value is -1.68. The molecule has 0 aliphatic rings. The maximum atomic E-state index is 12.9. The lowest BCUT2D eigenvalue weighted by Gasteiger charge is -2.12. The summed E-state index contributed by atoms with van der Waals surface area (Å²) in [5.74, 6) is -0.882. The summed E-state index contributed by atoms with van der Waals surface area (Å²) >= 11 is 0. The van der Waals surface area contributed by atoms with Gasteiger partial charge in [-0.05, 0) is 38.1 Å². The summed E-state index contributed by atoms with van der Waals surface area (Å²) in [5, 5.41) is 10.0. The van der Waals surface area contributed by atoms with Crippen LogP contribution in [0.15, 0.2) is 28.7 Å². The number of aliphatic hydroxyl groups is 1. The number of hydrogen-bond donors (Lipinski definition) is 1. The Morgan fingerprint density at radius 1 is 1.38 bits per heavy atom. The number of ketones is 1. The van der Waals surface area contributed by atoms with Gasteiger partial charge < -0.3 is 9.52 Å². The first-order valence-electron chi connectivity index (χ1n) is 4.84. The van der Waals surface area contributed by atoms with E-state index in [1.165, 1.54) is 38.1 Å². The Bertz CT molecular complexity index is 549. The topological polar surface area (TPSA) is 50.4 Å². The molecule has 0 aliphatic heterocycles. The maximum absolute atomic E-state index is 12.9. The van der Waals surface area contributed by atoms with Crippen molar-refractivity contribution in [3.05, 3.63) is 35.8 Å². The summed E-state index contributed by atoms with van der Waals surface area (Å²) in [4.78, 5) is 11.7. The Morgan fingerprint density at radius 2 is 2.06 bits per heavy atom. The van der Waals surface area contributed by atoms with Crippen molar-refractivity contribution in [1.29, 1.82) is 0 Å². The first-order chi connectivity index (χ1) is 7.38. The van der Waals surface area contributed by atoms with Crippen LogP contribution in [-0.4, -0.2) is 16.5 Å².